The van der Waals surface area contributed by atoms with Crippen LogP contribution in [0.1, 0.15) is 15.9 Å². The zero-order valence-electron chi connectivity index (χ0n) is 14.5. The molecule has 0 amide bonds. The molecular weight excluding hydrogens is 364 g/mol. The van der Waals surface area contributed by atoms with Crippen molar-refractivity contribution in [1.29, 1.82) is 0 Å². The molecule has 0 spiro atoms. The summed E-state index contributed by atoms with van der Waals surface area (Å²) in [4.78, 5) is 12.5. The lowest BCUT2D eigenvalue weighted by atomic mass is 10.1. The topological polar surface area (TPSA) is 73.6 Å². The van der Waals surface area contributed by atoms with E-state index in [1.54, 1.807) is 36.4 Å². The number of hydrogen-bond acceptors (Lipinski definition) is 5. The van der Waals surface area contributed by atoms with Crippen LogP contribution in [0.5, 0.6) is 5.75 Å². The lowest BCUT2D eigenvalue weighted by molar-refractivity contribution is 0.0735. The number of carbonyl (C=O) groups excluding carboxylic acids is 1. The minimum atomic E-state index is -3.18. The van der Waals surface area contributed by atoms with E-state index >= 15 is 0 Å². The third-order valence-corrected chi connectivity index (χ3v) is 5.01. The van der Waals surface area contributed by atoms with Crippen molar-refractivity contribution in [2.45, 2.75) is 5.75 Å². The van der Waals surface area contributed by atoms with E-state index in [4.69, 9.17) is 9.15 Å². The lowest BCUT2D eigenvalue weighted by Gasteiger charge is -2.06. The summed E-state index contributed by atoms with van der Waals surface area (Å²) in [5.41, 5.74) is 2.33. The van der Waals surface area contributed by atoms with Gasteiger partial charge in [0.25, 0.3) is 0 Å². The molecule has 1 heterocycles. The van der Waals surface area contributed by atoms with Gasteiger partial charge in [0.05, 0.1) is 11.3 Å². The fourth-order valence-electron chi connectivity index (χ4n) is 3.03. The van der Waals surface area contributed by atoms with Crippen LogP contribution >= 0.6 is 0 Å². The number of sulfone groups is 1. The Balaban J connectivity index is 1.63. The smallest absolute Gasteiger partial charge is 0.343 e. The molecule has 0 aliphatic rings. The number of ether oxygens (including phenoxy) is 1. The highest BCUT2D eigenvalue weighted by molar-refractivity contribution is 7.89. The van der Waals surface area contributed by atoms with E-state index in [9.17, 15) is 13.2 Å². The van der Waals surface area contributed by atoms with Crippen LogP contribution in [0.15, 0.2) is 71.1 Å². The predicted molar refractivity (Wildman–Crippen MR) is 104 cm³/mol. The first kappa shape index (κ1) is 17.3. The zero-order chi connectivity index (χ0) is 19.0. The number of para-hydroxylation sites is 1. The quantitative estimate of drug-likeness (QED) is 0.389. The van der Waals surface area contributed by atoms with Crippen molar-refractivity contribution in [3.05, 3.63) is 77.9 Å². The summed E-state index contributed by atoms with van der Waals surface area (Å²) in [6.07, 6.45) is 1.16. The first-order chi connectivity index (χ1) is 12.9. The van der Waals surface area contributed by atoms with Gasteiger partial charge in [-0.2, -0.15) is 0 Å². The van der Waals surface area contributed by atoms with Gasteiger partial charge in [0, 0.05) is 17.0 Å². The molecule has 1 aromatic heterocycles. The average molecular weight is 380 g/mol. The van der Waals surface area contributed by atoms with Crippen LogP contribution in [0.25, 0.3) is 21.9 Å². The van der Waals surface area contributed by atoms with E-state index < -0.39 is 15.8 Å². The van der Waals surface area contributed by atoms with Crippen molar-refractivity contribution in [1.82, 2.24) is 0 Å². The van der Waals surface area contributed by atoms with Crippen LogP contribution in [-0.2, 0) is 15.6 Å². The van der Waals surface area contributed by atoms with Crippen LogP contribution in [0.4, 0.5) is 0 Å². The largest absolute Gasteiger partial charge is 0.456 e. The first-order valence-corrected chi connectivity index (χ1v) is 10.4. The molecule has 4 rings (SSSR count). The Morgan fingerprint density at radius 3 is 2.52 bits per heavy atom. The second-order valence-corrected chi connectivity index (χ2v) is 8.56. The zero-order valence-corrected chi connectivity index (χ0v) is 15.3. The highest BCUT2D eigenvalue weighted by atomic mass is 32.2. The molecule has 0 saturated heterocycles. The molecule has 0 aliphatic heterocycles. The Bertz CT molecular complexity index is 1270. The molecule has 6 heteroatoms. The number of fused-ring (bicyclic) bond motifs is 3. The second-order valence-electron chi connectivity index (χ2n) is 6.42. The number of rotatable bonds is 4. The van der Waals surface area contributed by atoms with Crippen LogP contribution in [0.3, 0.4) is 0 Å². The molecule has 27 heavy (non-hydrogen) atoms. The molecule has 136 valence electrons. The lowest BCUT2D eigenvalue weighted by Crippen LogP contribution is -2.09. The van der Waals surface area contributed by atoms with Crippen molar-refractivity contribution in [3.8, 4) is 5.75 Å². The molecule has 0 atom stereocenters. The van der Waals surface area contributed by atoms with Gasteiger partial charge in [-0.15, -0.1) is 0 Å². The predicted octanol–water partition coefficient (Wildman–Crippen LogP) is 4.35. The van der Waals surface area contributed by atoms with Gasteiger partial charge < -0.3 is 9.15 Å². The highest BCUT2D eigenvalue weighted by Crippen LogP contribution is 2.31. The molecule has 0 unspecified atom stereocenters. The van der Waals surface area contributed by atoms with E-state index in [2.05, 4.69) is 0 Å². The van der Waals surface area contributed by atoms with Crippen molar-refractivity contribution in [3.63, 3.8) is 0 Å². The third-order valence-electron chi connectivity index (χ3n) is 4.15. The van der Waals surface area contributed by atoms with E-state index in [-0.39, 0.29) is 5.75 Å². The van der Waals surface area contributed by atoms with Crippen LogP contribution in [-0.4, -0.2) is 20.6 Å². The van der Waals surface area contributed by atoms with Gasteiger partial charge >= 0.3 is 5.97 Å². The Morgan fingerprint density at radius 1 is 0.926 bits per heavy atom. The van der Waals surface area contributed by atoms with Crippen LogP contribution in [0, 0.1) is 0 Å². The third kappa shape index (κ3) is 3.71. The van der Waals surface area contributed by atoms with Gasteiger partial charge in [-0.3, -0.25) is 0 Å². The fraction of sp³-hybridized carbons (Fsp3) is 0.0952. The minimum Gasteiger partial charge on any atom is -0.456 e. The van der Waals surface area contributed by atoms with Gasteiger partial charge in [-0.25, -0.2) is 13.2 Å². The molecule has 0 radical (unpaired) electrons. The summed E-state index contributed by atoms with van der Waals surface area (Å²) in [5.74, 6) is -0.272. The molecular formula is C21H16O5S. The Kier molecular flexibility index (Phi) is 4.20. The Morgan fingerprint density at radius 2 is 1.70 bits per heavy atom. The highest BCUT2D eigenvalue weighted by Gasteiger charge is 2.13. The Labute approximate surface area is 156 Å². The summed E-state index contributed by atoms with van der Waals surface area (Å²) in [6.45, 7) is 0. The number of benzene rings is 3. The number of furan rings is 1. The molecule has 0 aliphatic carbocycles. The standard InChI is InChI=1S/C21H16O5S/c1-27(23,24)13-14-5-4-6-15(11-14)21(22)25-16-9-10-20-18(12-16)17-7-2-3-8-19(17)26-20/h2-12H,13H2,1H3. The fourth-order valence-corrected chi connectivity index (χ4v) is 3.81. The summed E-state index contributed by atoms with van der Waals surface area (Å²) in [5, 5.41) is 1.81. The van der Waals surface area contributed by atoms with E-state index in [0.29, 0.717) is 22.5 Å². The van der Waals surface area contributed by atoms with Crippen LogP contribution < -0.4 is 4.74 Å². The summed E-state index contributed by atoms with van der Waals surface area (Å²) >= 11 is 0. The average Bonchev–Trinajstić information content (AvgIpc) is 2.98. The van der Waals surface area contributed by atoms with E-state index in [1.807, 2.05) is 24.3 Å². The molecule has 0 N–H and O–H groups in total. The molecule has 3 aromatic carbocycles. The summed E-state index contributed by atoms with van der Waals surface area (Å²) in [6, 6.07) is 19.3. The molecule has 0 fully saturated rings. The molecule has 4 aromatic rings. The van der Waals surface area contributed by atoms with Gasteiger partial charge in [-0.05, 0) is 42.0 Å². The maximum atomic E-state index is 12.5. The maximum Gasteiger partial charge on any atom is 0.343 e. The SMILES string of the molecule is CS(=O)(=O)Cc1cccc(C(=O)Oc2ccc3oc4ccccc4c3c2)c1. The number of esters is 1. The summed E-state index contributed by atoms with van der Waals surface area (Å²) < 4.78 is 34.2. The van der Waals surface area contributed by atoms with Crippen molar-refractivity contribution < 1.29 is 22.4 Å². The molecule has 0 bridgehead atoms. The van der Waals surface area contributed by atoms with Crippen molar-refractivity contribution in [2.75, 3.05) is 6.26 Å². The maximum absolute atomic E-state index is 12.5. The van der Waals surface area contributed by atoms with Crippen molar-refractivity contribution >= 4 is 37.7 Å². The van der Waals surface area contributed by atoms with Gasteiger partial charge in [0.1, 0.15) is 16.9 Å². The Hall–Kier alpha value is -3.12. The summed E-state index contributed by atoms with van der Waals surface area (Å²) in [7, 11) is -3.18. The first-order valence-electron chi connectivity index (χ1n) is 8.29. The van der Waals surface area contributed by atoms with E-state index in [0.717, 1.165) is 22.6 Å². The minimum absolute atomic E-state index is 0.124. The molecule has 5 nitrogen and oxygen atoms in total. The van der Waals surface area contributed by atoms with Gasteiger partial charge in [0.15, 0.2) is 9.84 Å². The number of carbonyl (C=O) groups is 1. The normalized spacial score (nSPS) is 11.7. The monoisotopic (exact) mass is 380 g/mol. The molecule has 0 saturated carbocycles. The van der Waals surface area contributed by atoms with Crippen LogP contribution in [0.2, 0.25) is 0 Å². The second kappa shape index (κ2) is 6.55. The number of hydrogen-bond donors (Lipinski definition) is 0. The van der Waals surface area contributed by atoms with Gasteiger partial charge in [0.2, 0.25) is 0 Å². The van der Waals surface area contributed by atoms with Crippen molar-refractivity contribution in [2.24, 2.45) is 0 Å². The van der Waals surface area contributed by atoms with E-state index in [1.165, 1.54) is 6.07 Å². The van der Waals surface area contributed by atoms with Gasteiger partial charge in [-0.1, -0.05) is 30.3 Å².